The van der Waals surface area contributed by atoms with E-state index in [2.05, 4.69) is 4.98 Å². The van der Waals surface area contributed by atoms with E-state index in [0.717, 1.165) is 6.07 Å². The molecule has 1 aromatic carbocycles. The molecule has 0 saturated carbocycles. The van der Waals surface area contributed by atoms with Crippen molar-refractivity contribution in [2.24, 2.45) is 0 Å². The highest BCUT2D eigenvalue weighted by molar-refractivity contribution is 6.31. The monoisotopic (exact) mass is 345 g/mol. The van der Waals surface area contributed by atoms with E-state index in [0.29, 0.717) is 5.56 Å². The number of carboxylic acids is 1. The van der Waals surface area contributed by atoms with Crippen LogP contribution < -0.4 is 0 Å². The van der Waals surface area contributed by atoms with E-state index in [-0.39, 0.29) is 21.4 Å². The van der Waals surface area contributed by atoms with Gasteiger partial charge in [-0.05, 0) is 42.8 Å². The van der Waals surface area contributed by atoms with Crippen molar-refractivity contribution in [1.29, 1.82) is 0 Å². The average Bonchev–Trinajstić information content (AvgIpc) is 2.48. The van der Waals surface area contributed by atoms with Crippen LogP contribution in [0.2, 0.25) is 10.2 Å². The van der Waals surface area contributed by atoms with Crippen LogP contribution in [0, 0.1) is 5.82 Å². The van der Waals surface area contributed by atoms with Crippen LogP contribution in [0.25, 0.3) is 11.3 Å². The lowest BCUT2D eigenvalue weighted by Gasteiger charge is -2.22. The van der Waals surface area contributed by atoms with Gasteiger partial charge in [-0.15, -0.1) is 0 Å². The van der Waals surface area contributed by atoms with E-state index in [1.807, 2.05) is 0 Å². The van der Waals surface area contributed by atoms with Gasteiger partial charge in [0.1, 0.15) is 23.1 Å². The largest absolute Gasteiger partial charge is 0.481 e. The average molecular weight is 346 g/mol. The maximum absolute atomic E-state index is 13.2. The van der Waals surface area contributed by atoms with Gasteiger partial charge in [-0.1, -0.05) is 23.2 Å². The molecule has 0 radical (unpaired) electrons. The molecule has 1 aromatic heterocycles. The summed E-state index contributed by atoms with van der Waals surface area (Å²) < 4.78 is 26.5. The Balaban J connectivity index is 2.60. The standard InChI is InChI=1S/C15H11Cl2F2NO2/c1-15(7-18,14(21)22)9-5-12(20-13(17)6-9)8-2-3-11(19)10(16)4-8/h2-6H,7H2,1H3,(H,21,22). The van der Waals surface area contributed by atoms with Crippen molar-refractivity contribution in [2.75, 3.05) is 6.67 Å². The fourth-order valence-electron chi connectivity index (χ4n) is 1.88. The zero-order valence-electron chi connectivity index (χ0n) is 11.4. The normalized spacial score (nSPS) is 13.7. The van der Waals surface area contributed by atoms with Crippen molar-refractivity contribution < 1.29 is 18.7 Å². The summed E-state index contributed by atoms with van der Waals surface area (Å²) in [5.41, 5.74) is -0.851. The number of alkyl halides is 1. The molecule has 2 aromatic rings. The van der Waals surface area contributed by atoms with Crippen LogP contribution in [-0.4, -0.2) is 22.7 Å². The van der Waals surface area contributed by atoms with Crippen molar-refractivity contribution in [3.05, 3.63) is 51.9 Å². The van der Waals surface area contributed by atoms with Crippen LogP contribution in [0.4, 0.5) is 8.78 Å². The number of benzene rings is 1. The lowest BCUT2D eigenvalue weighted by molar-refractivity contribution is -0.143. The lowest BCUT2D eigenvalue weighted by atomic mass is 9.84. The van der Waals surface area contributed by atoms with Crippen molar-refractivity contribution in [3.8, 4) is 11.3 Å². The molecule has 0 spiro atoms. The molecule has 0 aliphatic rings. The molecule has 0 aliphatic carbocycles. The van der Waals surface area contributed by atoms with E-state index in [1.54, 1.807) is 0 Å². The summed E-state index contributed by atoms with van der Waals surface area (Å²) in [7, 11) is 0. The second kappa shape index (κ2) is 6.18. The Labute approximate surface area is 135 Å². The minimum Gasteiger partial charge on any atom is -0.481 e. The van der Waals surface area contributed by atoms with Gasteiger partial charge in [-0.2, -0.15) is 0 Å². The molecule has 0 amide bonds. The number of rotatable bonds is 4. The van der Waals surface area contributed by atoms with Crippen molar-refractivity contribution in [3.63, 3.8) is 0 Å². The summed E-state index contributed by atoms with van der Waals surface area (Å²) in [6.45, 7) is 0.148. The van der Waals surface area contributed by atoms with Gasteiger partial charge in [0.05, 0.1) is 10.7 Å². The Kier molecular flexibility index (Phi) is 4.68. The third-order valence-corrected chi connectivity index (χ3v) is 3.87. The summed E-state index contributed by atoms with van der Waals surface area (Å²) in [6, 6.07) is 6.63. The second-order valence-corrected chi connectivity index (χ2v) is 5.76. The number of carbonyl (C=O) groups is 1. The zero-order chi connectivity index (χ0) is 16.5. The number of pyridine rings is 1. The van der Waals surface area contributed by atoms with Crippen LogP contribution in [-0.2, 0) is 10.2 Å². The second-order valence-electron chi connectivity index (χ2n) is 4.96. The minimum atomic E-state index is -1.74. The minimum absolute atomic E-state index is 0.00822. The molecule has 22 heavy (non-hydrogen) atoms. The molecule has 0 saturated heterocycles. The van der Waals surface area contributed by atoms with Gasteiger partial charge in [0.25, 0.3) is 0 Å². The van der Waals surface area contributed by atoms with Gasteiger partial charge in [0.15, 0.2) is 0 Å². The third-order valence-electron chi connectivity index (χ3n) is 3.39. The molecule has 7 heteroatoms. The van der Waals surface area contributed by atoms with Gasteiger partial charge in [-0.25, -0.2) is 13.8 Å². The Hall–Kier alpha value is -1.72. The first-order valence-electron chi connectivity index (χ1n) is 6.21. The van der Waals surface area contributed by atoms with Crippen LogP contribution in [0.15, 0.2) is 30.3 Å². The summed E-state index contributed by atoms with van der Waals surface area (Å²) in [6.07, 6.45) is 0. The van der Waals surface area contributed by atoms with E-state index < -0.39 is 23.9 Å². The molecule has 0 bridgehead atoms. The molecule has 1 unspecified atom stereocenters. The molecular formula is C15H11Cl2F2NO2. The van der Waals surface area contributed by atoms with Gasteiger partial charge in [0, 0.05) is 5.56 Å². The fourth-order valence-corrected chi connectivity index (χ4v) is 2.27. The number of aliphatic carboxylic acids is 1. The molecular weight excluding hydrogens is 335 g/mol. The molecule has 0 aliphatic heterocycles. The Bertz CT molecular complexity index is 739. The molecule has 2 rings (SSSR count). The number of aromatic nitrogens is 1. The molecule has 1 N–H and O–H groups in total. The highest BCUT2D eigenvalue weighted by atomic mass is 35.5. The molecule has 0 fully saturated rings. The first kappa shape index (κ1) is 16.6. The fraction of sp³-hybridized carbons (Fsp3) is 0.200. The van der Waals surface area contributed by atoms with Gasteiger partial charge in [-0.3, -0.25) is 4.79 Å². The van der Waals surface area contributed by atoms with Gasteiger partial charge >= 0.3 is 5.97 Å². The smallest absolute Gasteiger partial charge is 0.316 e. The number of halogens is 4. The predicted molar refractivity (Wildman–Crippen MR) is 80.6 cm³/mol. The van der Waals surface area contributed by atoms with Crippen molar-refractivity contribution in [1.82, 2.24) is 4.98 Å². The molecule has 116 valence electrons. The van der Waals surface area contributed by atoms with E-state index >= 15 is 0 Å². The predicted octanol–water partition coefficient (Wildman–Crippen LogP) is 4.51. The maximum atomic E-state index is 13.2. The van der Waals surface area contributed by atoms with E-state index in [4.69, 9.17) is 23.2 Å². The Morgan fingerprint density at radius 2 is 2.00 bits per heavy atom. The van der Waals surface area contributed by atoms with Gasteiger partial charge < -0.3 is 5.11 Å². The van der Waals surface area contributed by atoms with E-state index in [9.17, 15) is 18.7 Å². The van der Waals surface area contributed by atoms with Crippen molar-refractivity contribution in [2.45, 2.75) is 12.3 Å². The SMILES string of the molecule is CC(CF)(C(=O)O)c1cc(Cl)nc(-c2ccc(F)c(Cl)c2)c1. The summed E-state index contributed by atoms with van der Waals surface area (Å²) in [4.78, 5) is 15.4. The first-order valence-corrected chi connectivity index (χ1v) is 6.96. The maximum Gasteiger partial charge on any atom is 0.316 e. The third kappa shape index (κ3) is 3.05. The highest BCUT2D eigenvalue weighted by Crippen LogP contribution is 2.31. The van der Waals surface area contributed by atoms with Crippen LogP contribution >= 0.6 is 23.2 Å². The zero-order valence-corrected chi connectivity index (χ0v) is 12.9. The Morgan fingerprint density at radius 3 is 2.55 bits per heavy atom. The topological polar surface area (TPSA) is 50.2 Å². The van der Waals surface area contributed by atoms with Crippen LogP contribution in [0.3, 0.4) is 0 Å². The summed E-state index contributed by atoms with van der Waals surface area (Å²) in [5.74, 6) is -1.91. The quantitative estimate of drug-likeness (QED) is 0.829. The first-order chi connectivity index (χ1) is 10.3. The summed E-state index contributed by atoms with van der Waals surface area (Å²) >= 11 is 11.6. The highest BCUT2D eigenvalue weighted by Gasteiger charge is 2.36. The molecule has 1 atom stereocenters. The van der Waals surface area contributed by atoms with Crippen LogP contribution in [0.5, 0.6) is 0 Å². The lowest BCUT2D eigenvalue weighted by Crippen LogP contribution is -2.34. The van der Waals surface area contributed by atoms with E-state index in [1.165, 1.54) is 31.2 Å². The number of hydrogen-bond acceptors (Lipinski definition) is 2. The number of nitrogens with zero attached hydrogens (tertiary/aromatic N) is 1. The van der Waals surface area contributed by atoms with Crippen molar-refractivity contribution >= 4 is 29.2 Å². The number of hydrogen-bond donors (Lipinski definition) is 1. The Morgan fingerprint density at radius 1 is 1.32 bits per heavy atom. The summed E-state index contributed by atoms with van der Waals surface area (Å²) in [5, 5.41) is 9.15. The molecule has 1 heterocycles. The molecule has 3 nitrogen and oxygen atoms in total. The van der Waals surface area contributed by atoms with Crippen LogP contribution in [0.1, 0.15) is 12.5 Å². The number of carboxylic acid groups (broad SMARTS) is 1. The van der Waals surface area contributed by atoms with Gasteiger partial charge in [0.2, 0.25) is 0 Å².